The van der Waals surface area contributed by atoms with Crippen LogP contribution in [0.2, 0.25) is 0 Å². The summed E-state index contributed by atoms with van der Waals surface area (Å²) in [4.78, 5) is 0. The van der Waals surface area contributed by atoms with Gasteiger partial charge in [0.1, 0.15) is 45.9 Å². The van der Waals surface area contributed by atoms with Gasteiger partial charge in [-0.25, -0.2) is 0 Å². The highest BCUT2D eigenvalue weighted by Crippen LogP contribution is 2.58. The molecule has 0 aliphatic heterocycles. The van der Waals surface area contributed by atoms with Gasteiger partial charge in [-0.05, 0) is 42.0 Å². The van der Waals surface area contributed by atoms with Crippen LogP contribution in [0.25, 0.3) is 0 Å². The fraction of sp³-hybridized carbons (Fsp3) is 0.0204. The van der Waals surface area contributed by atoms with Crippen LogP contribution in [-0.2, 0) is 6.16 Å². The van der Waals surface area contributed by atoms with Gasteiger partial charge >= 0.3 is 0 Å². The fourth-order valence-corrected chi connectivity index (χ4v) is 11.4. The van der Waals surface area contributed by atoms with Crippen molar-refractivity contribution < 1.29 is 5.48 Å². The number of hydrogen-bond acceptors (Lipinski definition) is 0. The van der Waals surface area contributed by atoms with Gasteiger partial charge in [0.25, 0.3) is 0 Å². The second-order valence-corrected chi connectivity index (χ2v) is 16.0. The summed E-state index contributed by atoms with van der Waals surface area (Å²) in [5.41, 5.74) is 6.24. The molecule has 0 aliphatic rings. The Kier molecular flexibility index (Phi) is 12.0. The predicted molar refractivity (Wildman–Crippen MR) is 225 cm³/mol. The van der Waals surface area contributed by atoms with Gasteiger partial charge in [-0.15, -0.1) is 0 Å². The van der Waals surface area contributed by atoms with Gasteiger partial charge in [0, 0.05) is 48.5 Å². The maximum atomic E-state index is 2.30. The molecule has 0 saturated carbocycles. The molecule has 8 rings (SSSR count). The van der Waals surface area contributed by atoms with Crippen LogP contribution in [0, 0.1) is 0 Å². The van der Waals surface area contributed by atoms with E-state index in [9.17, 15) is 0 Å². The Morgan fingerprint density at radius 2 is 0.481 bits per heavy atom. The van der Waals surface area contributed by atoms with Gasteiger partial charge in [0.2, 0.25) is 0 Å². The Hall–Kier alpha value is -5.89. The van der Waals surface area contributed by atoms with E-state index in [0.717, 1.165) is 6.16 Å². The normalized spacial score (nSPS) is 11.0. The highest BCUT2D eigenvalue weighted by molar-refractivity contribution is 7.95. The van der Waals surface area contributed by atoms with E-state index in [1.807, 2.05) is 0 Å². The summed E-state index contributed by atoms with van der Waals surface area (Å²) in [7, 11) is -1.78. The van der Waals surface area contributed by atoms with Gasteiger partial charge < -0.3 is 5.48 Å². The van der Waals surface area contributed by atoms with E-state index in [4.69, 9.17) is 0 Å². The first-order valence-corrected chi connectivity index (χ1v) is 19.5. The van der Waals surface area contributed by atoms with Crippen LogP contribution in [0.1, 0.15) is 5.56 Å². The summed E-state index contributed by atoms with van der Waals surface area (Å²) in [6, 6.07) is 86.8. The zero-order valence-corrected chi connectivity index (χ0v) is 30.1. The molecular formula is C49H44NOP+2. The van der Waals surface area contributed by atoms with E-state index in [2.05, 4.69) is 243 Å². The topological polar surface area (TPSA) is 31.5 Å². The summed E-state index contributed by atoms with van der Waals surface area (Å²) < 4.78 is 0.559. The van der Waals surface area contributed by atoms with Gasteiger partial charge in [-0.2, -0.15) is 4.48 Å². The van der Waals surface area contributed by atoms with Crippen LogP contribution >= 0.6 is 7.26 Å². The average Bonchev–Trinajstić information content (AvgIpc) is 3.23. The minimum atomic E-state index is -1.78. The highest BCUT2D eigenvalue weighted by atomic mass is 31.2. The molecule has 8 aromatic rings. The number of para-hydroxylation sites is 4. The summed E-state index contributed by atoms with van der Waals surface area (Å²) in [5.74, 6) is 0. The van der Waals surface area contributed by atoms with Gasteiger partial charge in [0.05, 0.1) is 6.16 Å². The molecular weight excluding hydrogens is 650 g/mol. The van der Waals surface area contributed by atoms with Crippen LogP contribution in [0.5, 0.6) is 0 Å². The molecule has 2 nitrogen and oxygen atoms in total. The Morgan fingerprint density at radius 3 is 0.731 bits per heavy atom. The predicted octanol–water partition coefficient (Wildman–Crippen LogP) is 11.3. The van der Waals surface area contributed by atoms with E-state index < -0.39 is 7.26 Å². The van der Waals surface area contributed by atoms with Crippen LogP contribution in [0.4, 0.5) is 22.7 Å². The average molecular weight is 694 g/mol. The summed E-state index contributed by atoms with van der Waals surface area (Å²) >= 11 is 0. The van der Waals surface area contributed by atoms with E-state index in [1.54, 1.807) is 0 Å². The van der Waals surface area contributed by atoms with Crippen LogP contribution in [-0.4, -0.2) is 5.48 Å². The monoisotopic (exact) mass is 693 g/mol. The standard InChI is InChI=1S/C25H22P.C24H20N.H2O/c1-5-13-22(14-6-1)21-26(23-15-7-2-8-16-23,24-17-9-3-10-18-24)25-19-11-4-12-20-25;1-5-13-21(14-6-1)25(22-15-7-2-8-16-22,23-17-9-3-10-18-23)24-19-11-4-12-20-24;/h1-20H,21H2;1-20H;1H2/q2*+1;. The van der Waals surface area contributed by atoms with Crippen molar-refractivity contribution >= 4 is 45.9 Å². The third-order valence-electron chi connectivity index (χ3n) is 9.43. The molecule has 2 N–H and O–H groups in total. The number of benzene rings is 8. The molecule has 0 saturated heterocycles. The zero-order chi connectivity index (χ0) is 34.6. The van der Waals surface area contributed by atoms with E-state index in [0.29, 0.717) is 4.48 Å². The lowest BCUT2D eigenvalue weighted by Crippen LogP contribution is -2.33. The lowest BCUT2D eigenvalue weighted by Gasteiger charge is -2.37. The minimum absolute atomic E-state index is 0. The van der Waals surface area contributed by atoms with Gasteiger partial charge in [-0.3, -0.25) is 0 Å². The number of hydrogen-bond donors (Lipinski definition) is 0. The largest absolute Gasteiger partial charge is 0.412 e. The molecule has 0 radical (unpaired) electrons. The van der Waals surface area contributed by atoms with E-state index >= 15 is 0 Å². The number of nitrogens with zero attached hydrogens (tertiary/aromatic N) is 1. The molecule has 0 aliphatic carbocycles. The Balaban J connectivity index is 0.000000175. The van der Waals surface area contributed by atoms with E-state index in [-0.39, 0.29) is 5.48 Å². The van der Waals surface area contributed by atoms with Crippen molar-refractivity contribution in [2.45, 2.75) is 6.16 Å². The molecule has 0 spiro atoms. The van der Waals surface area contributed by atoms with Crippen molar-refractivity contribution in [3.8, 4) is 0 Å². The second-order valence-electron chi connectivity index (χ2n) is 12.5. The first-order chi connectivity index (χ1) is 25.3. The fourth-order valence-electron chi connectivity index (χ4n) is 7.13. The highest BCUT2D eigenvalue weighted by Gasteiger charge is 2.45. The zero-order valence-electron chi connectivity index (χ0n) is 29.2. The molecule has 0 unspecified atom stereocenters. The smallest absolute Gasteiger partial charge is 0.148 e. The maximum Gasteiger partial charge on any atom is 0.148 e. The minimum Gasteiger partial charge on any atom is -0.412 e. The lowest BCUT2D eigenvalue weighted by atomic mass is 10.1. The number of rotatable bonds is 9. The molecule has 52 heavy (non-hydrogen) atoms. The van der Waals surface area contributed by atoms with Crippen LogP contribution in [0.15, 0.2) is 243 Å². The van der Waals surface area contributed by atoms with Gasteiger partial charge in [0.15, 0.2) is 0 Å². The van der Waals surface area contributed by atoms with Crippen molar-refractivity contribution in [3.63, 3.8) is 0 Å². The quantitative estimate of drug-likeness (QED) is 0.106. The molecule has 0 atom stereocenters. The third kappa shape index (κ3) is 7.42. The molecule has 3 heteroatoms. The maximum absolute atomic E-state index is 2.30. The van der Waals surface area contributed by atoms with Crippen molar-refractivity contribution in [2.75, 3.05) is 0 Å². The molecule has 0 aromatic heterocycles. The summed E-state index contributed by atoms with van der Waals surface area (Å²) in [5, 5.41) is 4.30. The second kappa shape index (κ2) is 17.4. The molecule has 0 amide bonds. The summed E-state index contributed by atoms with van der Waals surface area (Å²) in [6.45, 7) is 0. The Labute approximate surface area is 309 Å². The lowest BCUT2D eigenvalue weighted by molar-refractivity contribution is 0.704. The number of quaternary nitrogens is 1. The van der Waals surface area contributed by atoms with Crippen molar-refractivity contribution in [1.82, 2.24) is 4.48 Å². The molecule has 0 heterocycles. The third-order valence-corrected chi connectivity index (χ3v) is 13.8. The summed E-state index contributed by atoms with van der Waals surface area (Å²) in [6.07, 6.45) is 1.03. The Bertz CT molecular complexity index is 1920. The van der Waals surface area contributed by atoms with E-state index in [1.165, 1.54) is 44.2 Å². The van der Waals surface area contributed by atoms with Crippen molar-refractivity contribution in [2.24, 2.45) is 0 Å². The van der Waals surface area contributed by atoms with Crippen molar-refractivity contribution in [1.29, 1.82) is 0 Å². The Morgan fingerprint density at radius 1 is 0.269 bits per heavy atom. The van der Waals surface area contributed by atoms with Crippen molar-refractivity contribution in [3.05, 3.63) is 248 Å². The van der Waals surface area contributed by atoms with Gasteiger partial charge in [-0.1, -0.05) is 158 Å². The first-order valence-electron chi connectivity index (χ1n) is 17.5. The van der Waals surface area contributed by atoms with Crippen LogP contribution < -0.4 is 20.4 Å². The molecule has 0 fully saturated rings. The molecule has 254 valence electrons. The molecule has 0 bridgehead atoms. The first kappa shape index (κ1) is 35.9. The SMILES string of the molecule is O.c1ccc(C[P+](c2ccccc2)(c2ccccc2)c2ccccc2)cc1.c1ccc([N+](c2ccccc2)(c2ccccc2)c2ccccc2)cc1. The van der Waals surface area contributed by atoms with Crippen LogP contribution in [0.3, 0.4) is 0 Å². The molecule has 8 aromatic carbocycles.